The van der Waals surface area contributed by atoms with Crippen molar-refractivity contribution < 1.29 is 39.6 Å². The topological polar surface area (TPSA) is 203 Å². The first-order valence-electron chi connectivity index (χ1n) is 11.3. The number of anilines is 1. The molecule has 1 fully saturated rings. The van der Waals surface area contributed by atoms with Crippen molar-refractivity contribution in [3.8, 4) is 5.75 Å². The predicted molar refractivity (Wildman–Crippen MR) is 141 cm³/mol. The quantitative estimate of drug-likeness (QED) is 0.185. The van der Waals surface area contributed by atoms with Gasteiger partial charge in [-0.15, -0.1) is 24.8 Å². The van der Waals surface area contributed by atoms with Crippen molar-refractivity contribution in [2.24, 2.45) is 17.6 Å². The van der Waals surface area contributed by atoms with Crippen molar-refractivity contribution in [1.82, 2.24) is 10.2 Å². The summed E-state index contributed by atoms with van der Waals surface area (Å²) in [7, 11) is 4.65. The number of nitrogens with two attached hydrogens (primary N) is 1. The third-order valence-corrected chi connectivity index (χ3v) is 7.20. The number of likely N-dealkylation sites (N-methyl/N-ethyl adjacent to an activating group) is 2. The molecular formula is C24H30Cl2N4O8. The van der Waals surface area contributed by atoms with Crippen molar-refractivity contribution in [3.05, 3.63) is 40.2 Å². The van der Waals surface area contributed by atoms with E-state index < -0.39 is 69.7 Å². The van der Waals surface area contributed by atoms with Crippen LogP contribution in [0.2, 0.25) is 0 Å². The number of carbonyl (C=O) groups excluding carboxylic acids is 4. The molecule has 0 heterocycles. The Kier molecular flexibility index (Phi) is 8.92. The molecule has 0 saturated heterocycles. The van der Waals surface area contributed by atoms with Crippen LogP contribution in [0.4, 0.5) is 5.69 Å². The lowest BCUT2D eigenvalue weighted by atomic mass is 9.57. The Balaban J connectivity index is 0.00000253. The lowest BCUT2D eigenvalue weighted by molar-refractivity contribution is -0.153. The number of amides is 2. The smallest absolute Gasteiger partial charge is 0.255 e. The highest BCUT2D eigenvalue weighted by Gasteiger charge is 2.64. The number of carbonyl (C=O) groups is 4. The van der Waals surface area contributed by atoms with Crippen LogP contribution in [0.25, 0.3) is 5.76 Å². The summed E-state index contributed by atoms with van der Waals surface area (Å²) in [5.41, 5.74) is 1.90. The van der Waals surface area contributed by atoms with E-state index in [-0.39, 0.29) is 61.0 Å². The maximum Gasteiger partial charge on any atom is 0.255 e. The van der Waals surface area contributed by atoms with Gasteiger partial charge in [0.15, 0.2) is 11.4 Å². The zero-order valence-corrected chi connectivity index (χ0v) is 22.4. The minimum atomic E-state index is -2.70. The van der Waals surface area contributed by atoms with Gasteiger partial charge in [-0.3, -0.25) is 24.1 Å². The summed E-state index contributed by atoms with van der Waals surface area (Å²) in [5, 5.41) is 49.6. The highest BCUT2D eigenvalue weighted by molar-refractivity contribution is 6.24. The summed E-state index contributed by atoms with van der Waals surface area (Å²) >= 11 is 0. The van der Waals surface area contributed by atoms with Crippen LogP contribution in [-0.4, -0.2) is 88.0 Å². The number of Topliss-reactive ketones (excluding diaryl/α,β-unsaturated/α-hetero) is 2. The molecule has 14 heteroatoms. The lowest BCUT2D eigenvalue weighted by Crippen LogP contribution is -2.65. The molecular weight excluding hydrogens is 543 g/mol. The first kappa shape index (κ1) is 31.1. The Labute approximate surface area is 230 Å². The Bertz CT molecular complexity index is 1280. The zero-order chi connectivity index (χ0) is 26.7. The number of nitrogens with zero attached hydrogens (tertiary/aromatic N) is 1. The molecule has 1 saturated carbocycles. The van der Waals surface area contributed by atoms with E-state index >= 15 is 0 Å². The fourth-order valence-electron chi connectivity index (χ4n) is 5.67. The number of fused-ring (bicyclic) bond motifs is 3. The number of primary amides is 1. The minimum Gasteiger partial charge on any atom is -0.508 e. The summed E-state index contributed by atoms with van der Waals surface area (Å²) < 4.78 is 0. The molecule has 1 aromatic rings. The molecule has 38 heavy (non-hydrogen) atoms. The standard InChI is InChI=1S/C24H28N4O8.2ClH/c1-26-8-13(29)27-12-5-4-9-6-10-7-11-17(28(2)3)20(32)16(23(25)35)22(34)24(11,36)21(33)15(10)19(31)14(9)18(12)30;;/h4-5,10-11,17,26,30-31,34,36H,6-8H2,1-3H3,(H2,25,35)(H,27,29);2*1H/t10?,11?,17-,24?;;/m0../s1. The first-order valence-corrected chi connectivity index (χ1v) is 11.3. The number of ketones is 2. The van der Waals surface area contributed by atoms with Gasteiger partial charge >= 0.3 is 0 Å². The SMILES string of the molecule is CNCC(=O)Nc1ccc2c(c1O)C(O)=C1C(=O)C3(O)C(O)=C(C(N)=O)C(=O)[C@@H](N(C)C)C3CC1C2.Cl.Cl. The largest absolute Gasteiger partial charge is 0.508 e. The van der Waals surface area contributed by atoms with E-state index in [9.17, 15) is 39.6 Å². The van der Waals surface area contributed by atoms with Crippen LogP contribution in [0.15, 0.2) is 29.0 Å². The van der Waals surface area contributed by atoms with E-state index in [4.69, 9.17) is 5.73 Å². The van der Waals surface area contributed by atoms with E-state index in [1.807, 2.05) is 0 Å². The molecule has 0 aromatic heterocycles. The van der Waals surface area contributed by atoms with Crippen molar-refractivity contribution in [2.45, 2.75) is 24.5 Å². The highest BCUT2D eigenvalue weighted by Crippen LogP contribution is 2.53. The van der Waals surface area contributed by atoms with E-state index in [0.29, 0.717) is 5.56 Å². The number of phenols is 1. The van der Waals surface area contributed by atoms with Crippen molar-refractivity contribution in [1.29, 1.82) is 0 Å². The summed E-state index contributed by atoms with van der Waals surface area (Å²) in [6.07, 6.45) is 0.181. The number of rotatable bonds is 5. The molecule has 8 N–H and O–H groups in total. The van der Waals surface area contributed by atoms with Gasteiger partial charge in [0.2, 0.25) is 11.7 Å². The van der Waals surface area contributed by atoms with E-state index in [1.54, 1.807) is 13.1 Å². The summed E-state index contributed by atoms with van der Waals surface area (Å²) in [5.74, 6) is -7.66. The van der Waals surface area contributed by atoms with Crippen LogP contribution < -0.4 is 16.4 Å². The number of aliphatic hydroxyl groups is 3. The number of benzene rings is 1. The Morgan fingerprint density at radius 2 is 1.79 bits per heavy atom. The van der Waals surface area contributed by atoms with Crippen molar-refractivity contribution >= 4 is 59.6 Å². The first-order chi connectivity index (χ1) is 16.9. The van der Waals surface area contributed by atoms with Gasteiger partial charge in [0, 0.05) is 11.5 Å². The van der Waals surface area contributed by atoms with Gasteiger partial charge in [0.05, 0.1) is 23.8 Å². The van der Waals surface area contributed by atoms with Crippen molar-refractivity contribution in [3.63, 3.8) is 0 Å². The number of aliphatic hydroxyl groups excluding tert-OH is 2. The molecule has 0 bridgehead atoms. The molecule has 3 aliphatic rings. The second-order valence-corrected chi connectivity index (χ2v) is 9.54. The molecule has 0 aliphatic heterocycles. The average molecular weight is 573 g/mol. The molecule has 208 valence electrons. The Hall–Kier alpha value is -3.16. The fourth-order valence-corrected chi connectivity index (χ4v) is 5.67. The van der Waals surface area contributed by atoms with Gasteiger partial charge < -0.3 is 36.8 Å². The number of halogens is 2. The fraction of sp³-hybridized carbons (Fsp3) is 0.417. The molecule has 12 nitrogen and oxygen atoms in total. The number of aromatic hydroxyl groups is 1. The molecule has 3 unspecified atom stereocenters. The van der Waals surface area contributed by atoms with E-state index in [2.05, 4.69) is 10.6 Å². The van der Waals surface area contributed by atoms with Gasteiger partial charge in [-0.05, 0) is 51.5 Å². The molecule has 0 spiro atoms. The summed E-state index contributed by atoms with van der Waals surface area (Å²) in [4.78, 5) is 52.2. The maximum absolute atomic E-state index is 13.7. The summed E-state index contributed by atoms with van der Waals surface area (Å²) in [6, 6.07) is 1.93. The van der Waals surface area contributed by atoms with Crippen molar-refractivity contribution in [2.75, 3.05) is 33.0 Å². The number of hydrogen-bond donors (Lipinski definition) is 7. The predicted octanol–water partition coefficient (Wildman–Crippen LogP) is -0.0345. The van der Waals surface area contributed by atoms with Crippen LogP contribution >= 0.6 is 24.8 Å². The monoisotopic (exact) mass is 572 g/mol. The van der Waals surface area contributed by atoms with Crippen LogP contribution in [0.5, 0.6) is 5.75 Å². The van der Waals surface area contributed by atoms with Gasteiger partial charge in [-0.25, -0.2) is 0 Å². The van der Waals surface area contributed by atoms with Gasteiger partial charge in [-0.2, -0.15) is 0 Å². The number of nitrogens with one attached hydrogen (secondary N) is 2. The molecule has 0 radical (unpaired) electrons. The zero-order valence-electron chi connectivity index (χ0n) is 20.8. The maximum atomic E-state index is 13.7. The van der Waals surface area contributed by atoms with Crippen LogP contribution in [-0.2, 0) is 25.6 Å². The van der Waals surface area contributed by atoms with E-state index in [0.717, 1.165) is 0 Å². The summed E-state index contributed by atoms with van der Waals surface area (Å²) in [6.45, 7) is -0.0296. The lowest BCUT2D eigenvalue weighted by Gasteiger charge is -2.50. The molecule has 4 rings (SSSR count). The molecule has 1 aromatic carbocycles. The highest BCUT2D eigenvalue weighted by atomic mass is 35.5. The normalized spacial score (nSPS) is 26.1. The molecule has 4 atom stereocenters. The van der Waals surface area contributed by atoms with Crippen LogP contribution in [0.1, 0.15) is 17.5 Å². The van der Waals surface area contributed by atoms with Gasteiger partial charge in [0.1, 0.15) is 22.8 Å². The van der Waals surface area contributed by atoms with E-state index in [1.165, 1.54) is 25.1 Å². The number of hydrogen-bond acceptors (Lipinski definition) is 10. The molecule has 3 aliphatic carbocycles. The molecule has 2 amide bonds. The van der Waals surface area contributed by atoms with Crippen LogP contribution in [0.3, 0.4) is 0 Å². The second kappa shape index (κ2) is 10.9. The third-order valence-electron chi connectivity index (χ3n) is 7.20. The second-order valence-electron chi connectivity index (χ2n) is 9.54. The number of phenolic OH excluding ortho intramolecular Hbond substituents is 1. The van der Waals surface area contributed by atoms with Gasteiger partial charge in [-0.1, -0.05) is 6.07 Å². The minimum absolute atomic E-state index is 0. The Morgan fingerprint density at radius 1 is 1.16 bits per heavy atom. The van der Waals surface area contributed by atoms with Gasteiger partial charge in [0.25, 0.3) is 5.91 Å². The third kappa shape index (κ3) is 4.41. The van der Waals surface area contributed by atoms with Crippen LogP contribution in [0, 0.1) is 11.8 Å². The Morgan fingerprint density at radius 3 is 2.34 bits per heavy atom. The average Bonchev–Trinajstić information content (AvgIpc) is 2.78.